The van der Waals surface area contributed by atoms with Gasteiger partial charge in [0.2, 0.25) is 15.9 Å². The van der Waals surface area contributed by atoms with Gasteiger partial charge in [-0.2, -0.15) is 4.31 Å². The zero-order chi connectivity index (χ0) is 30.6. The number of hydrogen-bond acceptors (Lipinski definition) is 7. The van der Waals surface area contributed by atoms with Crippen molar-refractivity contribution in [3.05, 3.63) is 73.9 Å². The second-order valence-electron chi connectivity index (χ2n) is 11.2. The lowest BCUT2D eigenvalue weighted by atomic mass is 9.83. The molecule has 10 nitrogen and oxygen atoms in total. The lowest BCUT2D eigenvalue weighted by molar-refractivity contribution is -0.137. The van der Waals surface area contributed by atoms with Crippen molar-refractivity contribution < 1.29 is 23.1 Å². The van der Waals surface area contributed by atoms with Crippen LogP contribution in [0.25, 0.3) is 11.0 Å². The van der Waals surface area contributed by atoms with Crippen LogP contribution in [0.2, 0.25) is 10.0 Å². The zero-order valence-electron chi connectivity index (χ0n) is 24.0. The standard InChI is InChI=1S/C30H31Cl2N5O5S/c1-4-21-15-37(43(40,41)26-10-20(31)13-33-30(26)42-21)14-19-9-18(8-17-6-5-7-22(17)19)24(12-27(38)39)23-11-25(32)29-28(16(23)2)34-35-36(29)3/h8-11,13,21,24H,4-7,12,14-15H2,1-3H3,(H,38,39)/t21-,24-/m1/s1. The molecule has 0 amide bonds. The van der Waals surface area contributed by atoms with E-state index in [1.807, 2.05) is 19.9 Å². The fourth-order valence-corrected chi connectivity index (χ4v) is 8.43. The molecule has 0 bridgehead atoms. The number of aryl methyl sites for hydroxylation is 3. The van der Waals surface area contributed by atoms with Crippen LogP contribution in [0.1, 0.15) is 65.5 Å². The van der Waals surface area contributed by atoms with Crippen molar-refractivity contribution >= 4 is 50.2 Å². The Kier molecular flexibility index (Phi) is 7.87. The monoisotopic (exact) mass is 643 g/mol. The van der Waals surface area contributed by atoms with Crippen LogP contribution in [-0.2, 0) is 41.3 Å². The van der Waals surface area contributed by atoms with Gasteiger partial charge in [0.25, 0.3) is 0 Å². The highest BCUT2D eigenvalue weighted by molar-refractivity contribution is 7.89. The summed E-state index contributed by atoms with van der Waals surface area (Å²) in [4.78, 5) is 16.3. The zero-order valence-corrected chi connectivity index (χ0v) is 26.3. The molecule has 0 unspecified atom stereocenters. The summed E-state index contributed by atoms with van der Waals surface area (Å²) in [5, 5.41) is 19.0. The fourth-order valence-electron chi connectivity index (χ4n) is 6.33. The third-order valence-corrected chi connectivity index (χ3v) is 10.8. The van der Waals surface area contributed by atoms with Gasteiger partial charge in [-0.25, -0.2) is 18.1 Å². The molecule has 0 radical (unpaired) electrons. The molecular formula is C30H31Cl2N5O5S. The van der Waals surface area contributed by atoms with E-state index in [4.69, 9.17) is 27.9 Å². The van der Waals surface area contributed by atoms with Crippen LogP contribution in [0.3, 0.4) is 0 Å². The maximum atomic E-state index is 14.0. The number of carboxylic acid groups (broad SMARTS) is 1. The van der Waals surface area contributed by atoms with Crippen LogP contribution >= 0.6 is 23.2 Å². The van der Waals surface area contributed by atoms with Crippen LogP contribution in [0.5, 0.6) is 5.88 Å². The number of sulfonamides is 1. The van der Waals surface area contributed by atoms with Gasteiger partial charge in [-0.15, -0.1) is 5.10 Å². The smallest absolute Gasteiger partial charge is 0.304 e. The van der Waals surface area contributed by atoms with Gasteiger partial charge < -0.3 is 9.84 Å². The van der Waals surface area contributed by atoms with E-state index in [2.05, 4.69) is 21.4 Å². The number of fused-ring (bicyclic) bond motifs is 3. The molecule has 0 saturated carbocycles. The van der Waals surface area contributed by atoms with E-state index >= 15 is 0 Å². The molecule has 13 heteroatoms. The van der Waals surface area contributed by atoms with Crippen LogP contribution in [0.15, 0.2) is 35.4 Å². The summed E-state index contributed by atoms with van der Waals surface area (Å²) in [7, 11) is -2.25. The van der Waals surface area contributed by atoms with Gasteiger partial charge in [0, 0.05) is 25.7 Å². The predicted molar refractivity (Wildman–Crippen MR) is 162 cm³/mol. The third-order valence-electron chi connectivity index (χ3n) is 8.50. The third kappa shape index (κ3) is 5.37. The number of rotatable bonds is 7. The minimum absolute atomic E-state index is 0.0472. The number of aliphatic carboxylic acids is 1. The van der Waals surface area contributed by atoms with Gasteiger partial charge in [0.1, 0.15) is 22.0 Å². The number of aromatic nitrogens is 4. The Morgan fingerprint density at radius 3 is 2.74 bits per heavy atom. The highest BCUT2D eigenvalue weighted by atomic mass is 35.5. The maximum absolute atomic E-state index is 14.0. The number of halogens is 2. The number of carbonyl (C=O) groups is 1. The first-order valence-corrected chi connectivity index (χ1v) is 16.3. The number of ether oxygens (including phenoxy) is 1. The summed E-state index contributed by atoms with van der Waals surface area (Å²) < 4.78 is 37.0. The predicted octanol–water partition coefficient (Wildman–Crippen LogP) is 5.44. The highest BCUT2D eigenvalue weighted by Gasteiger charge is 2.36. The molecule has 1 aliphatic heterocycles. The minimum atomic E-state index is -4.01. The molecular weight excluding hydrogens is 613 g/mol. The van der Waals surface area contributed by atoms with E-state index in [-0.39, 0.29) is 35.3 Å². The molecule has 6 rings (SSSR count). The molecule has 3 heterocycles. The number of pyridine rings is 1. The molecule has 2 aromatic carbocycles. The lowest BCUT2D eigenvalue weighted by Crippen LogP contribution is -2.36. The van der Waals surface area contributed by atoms with Gasteiger partial charge in [-0.05, 0) is 78.1 Å². The molecule has 1 aliphatic carbocycles. The Balaban J connectivity index is 1.47. The molecule has 1 N–H and O–H groups in total. The first-order chi connectivity index (χ1) is 20.5. The molecule has 0 spiro atoms. The van der Waals surface area contributed by atoms with Gasteiger partial charge in [0.15, 0.2) is 0 Å². The van der Waals surface area contributed by atoms with Crippen molar-refractivity contribution in [2.45, 2.75) is 69.4 Å². The average Bonchev–Trinajstić information content (AvgIpc) is 3.58. The van der Waals surface area contributed by atoms with Crippen molar-refractivity contribution in [3.8, 4) is 5.88 Å². The Morgan fingerprint density at radius 2 is 2.00 bits per heavy atom. The molecule has 226 valence electrons. The van der Waals surface area contributed by atoms with E-state index in [1.54, 1.807) is 17.8 Å². The first-order valence-electron chi connectivity index (χ1n) is 14.1. The number of hydrogen-bond donors (Lipinski definition) is 1. The van der Waals surface area contributed by atoms with Crippen molar-refractivity contribution in [2.75, 3.05) is 6.54 Å². The largest absolute Gasteiger partial charge is 0.481 e. The number of carboxylic acids is 1. The van der Waals surface area contributed by atoms with Crippen molar-refractivity contribution in [1.29, 1.82) is 0 Å². The summed E-state index contributed by atoms with van der Waals surface area (Å²) in [5.74, 6) is -1.45. The highest BCUT2D eigenvalue weighted by Crippen LogP contribution is 2.40. The summed E-state index contributed by atoms with van der Waals surface area (Å²) in [5.41, 5.74) is 6.71. The van der Waals surface area contributed by atoms with Crippen LogP contribution < -0.4 is 4.74 Å². The molecule has 4 aromatic rings. The van der Waals surface area contributed by atoms with Crippen molar-refractivity contribution in [3.63, 3.8) is 0 Å². The topological polar surface area (TPSA) is 128 Å². The van der Waals surface area contributed by atoms with Gasteiger partial charge in [0.05, 0.1) is 23.0 Å². The Morgan fingerprint density at radius 1 is 1.21 bits per heavy atom. The summed E-state index contributed by atoms with van der Waals surface area (Å²) in [6, 6.07) is 7.22. The van der Waals surface area contributed by atoms with E-state index in [0.717, 1.165) is 52.6 Å². The van der Waals surface area contributed by atoms with Gasteiger partial charge in [-0.3, -0.25) is 4.79 Å². The Labute approximate surface area is 259 Å². The van der Waals surface area contributed by atoms with Gasteiger partial charge in [-0.1, -0.05) is 47.5 Å². The normalized spacial score (nSPS) is 18.6. The lowest BCUT2D eigenvalue weighted by Gasteiger charge is -2.25. The molecule has 0 saturated heterocycles. The summed E-state index contributed by atoms with van der Waals surface area (Å²) in [6.45, 7) is 4.08. The van der Waals surface area contributed by atoms with E-state index < -0.39 is 28.0 Å². The SMILES string of the molecule is CC[C@@H]1CN(Cc2cc([C@@H](CC(=O)O)c3cc(Cl)c4c(nnn4C)c3C)cc3c2CCC3)S(=O)(=O)c2cc(Cl)cnc2O1. The molecule has 2 aliphatic rings. The van der Waals surface area contributed by atoms with Crippen LogP contribution in [0, 0.1) is 6.92 Å². The van der Waals surface area contributed by atoms with E-state index in [9.17, 15) is 18.3 Å². The second kappa shape index (κ2) is 11.4. The fraction of sp³-hybridized carbons (Fsp3) is 0.400. The van der Waals surface area contributed by atoms with E-state index in [0.29, 0.717) is 22.5 Å². The average molecular weight is 645 g/mol. The minimum Gasteiger partial charge on any atom is -0.481 e. The summed E-state index contributed by atoms with van der Waals surface area (Å²) >= 11 is 12.8. The first kappa shape index (κ1) is 29.8. The van der Waals surface area contributed by atoms with Gasteiger partial charge >= 0.3 is 5.97 Å². The Bertz CT molecular complexity index is 1880. The van der Waals surface area contributed by atoms with Crippen molar-refractivity contribution in [1.82, 2.24) is 24.3 Å². The van der Waals surface area contributed by atoms with Crippen LogP contribution in [0.4, 0.5) is 0 Å². The second-order valence-corrected chi connectivity index (χ2v) is 14.0. The summed E-state index contributed by atoms with van der Waals surface area (Å²) in [6.07, 6.45) is 3.96. The molecule has 2 atom stereocenters. The number of benzene rings is 2. The molecule has 0 fully saturated rings. The van der Waals surface area contributed by atoms with Crippen LogP contribution in [-0.4, -0.2) is 56.4 Å². The quantitative estimate of drug-likeness (QED) is 0.282. The molecule has 43 heavy (non-hydrogen) atoms. The molecule has 2 aromatic heterocycles. The maximum Gasteiger partial charge on any atom is 0.304 e. The number of nitrogens with zero attached hydrogens (tertiary/aromatic N) is 5. The van der Waals surface area contributed by atoms with Crippen molar-refractivity contribution in [2.24, 2.45) is 7.05 Å². The van der Waals surface area contributed by atoms with E-state index in [1.165, 1.54) is 16.6 Å². The Hall–Kier alpha value is -3.25.